The van der Waals surface area contributed by atoms with Crippen molar-refractivity contribution >= 4 is 16.9 Å². The molecule has 6 heteroatoms. The number of rotatable bonds is 6. The third-order valence-corrected chi connectivity index (χ3v) is 5.11. The van der Waals surface area contributed by atoms with Gasteiger partial charge in [-0.1, -0.05) is 0 Å². The van der Waals surface area contributed by atoms with Gasteiger partial charge in [0.15, 0.2) is 0 Å². The predicted molar refractivity (Wildman–Crippen MR) is 92.1 cm³/mol. The lowest BCUT2D eigenvalue weighted by atomic mass is 9.82. The molecule has 1 fully saturated rings. The van der Waals surface area contributed by atoms with Crippen molar-refractivity contribution in [3.63, 3.8) is 0 Å². The average molecular weight is 365 g/mol. The number of aromatic nitrogens is 1. The number of fused-ring (bicyclic) bond motifs is 1. The van der Waals surface area contributed by atoms with Gasteiger partial charge in [0.25, 0.3) is 0 Å². The highest BCUT2D eigenvalue weighted by Gasteiger charge is 2.32. The maximum absolute atomic E-state index is 11.4. The Morgan fingerprint density at radius 2 is 2.24 bits per heavy atom. The van der Waals surface area contributed by atoms with E-state index in [-0.39, 0.29) is 18.3 Å². The van der Waals surface area contributed by atoms with Crippen LogP contribution in [0.5, 0.6) is 5.75 Å². The van der Waals surface area contributed by atoms with Crippen LogP contribution in [0.1, 0.15) is 24.8 Å². The fourth-order valence-electron chi connectivity index (χ4n) is 3.75. The van der Waals surface area contributed by atoms with Crippen LogP contribution >= 0.6 is 0 Å². The summed E-state index contributed by atoms with van der Waals surface area (Å²) in [5, 5.41) is 12.6. The molecular formula is C19H25ClN2O3. The highest BCUT2D eigenvalue weighted by atomic mass is 35.5. The van der Waals surface area contributed by atoms with Crippen molar-refractivity contribution in [3.05, 3.63) is 36.0 Å². The summed E-state index contributed by atoms with van der Waals surface area (Å²) in [7, 11) is 1.67. The number of aliphatic carboxylic acids is 1. The van der Waals surface area contributed by atoms with E-state index < -0.39 is 5.97 Å². The zero-order valence-electron chi connectivity index (χ0n) is 14.5. The maximum atomic E-state index is 11.4. The van der Waals surface area contributed by atoms with Crippen LogP contribution < -0.4 is 22.5 Å². The van der Waals surface area contributed by atoms with Gasteiger partial charge in [0, 0.05) is 18.0 Å². The summed E-state index contributed by atoms with van der Waals surface area (Å²) in [6.45, 7) is 1.76. The zero-order valence-corrected chi connectivity index (χ0v) is 15.2. The Morgan fingerprint density at radius 3 is 3.00 bits per heavy atom. The Morgan fingerprint density at radius 1 is 1.40 bits per heavy atom. The standard InChI is InChI=1S/C19H24N2O3.ClH/c1-24-15-5-6-18-16(11-15)13(8-10-21-18)3-2-4-14-7-9-20-12-17(14)19(22)23;/h5-6,8,10-11,14,17,20H,2-4,7,9,12H2,1H3,(H,22,23);1H/t14-,17+;/m1./s1. The summed E-state index contributed by atoms with van der Waals surface area (Å²) in [5.74, 6) is 0.295. The molecule has 0 amide bonds. The summed E-state index contributed by atoms with van der Waals surface area (Å²) in [6.07, 6.45) is 5.77. The number of piperidine rings is 1. The fraction of sp³-hybridized carbons (Fsp3) is 0.474. The highest BCUT2D eigenvalue weighted by molar-refractivity contribution is 5.83. The molecule has 0 aliphatic carbocycles. The van der Waals surface area contributed by atoms with E-state index >= 15 is 0 Å². The molecule has 2 atom stereocenters. The number of quaternary nitrogens is 1. The van der Waals surface area contributed by atoms with Crippen LogP contribution in [0.4, 0.5) is 0 Å². The first-order valence-corrected chi connectivity index (χ1v) is 8.65. The summed E-state index contributed by atoms with van der Waals surface area (Å²) in [4.78, 5) is 15.8. The molecule has 2 aromatic rings. The minimum Gasteiger partial charge on any atom is -1.00 e. The largest absolute Gasteiger partial charge is 1.00 e. The number of carboxylic acid groups (broad SMARTS) is 1. The molecular weight excluding hydrogens is 340 g/mol. The van der Waals surface area contributed by atoms with Crippen molar-refractivity contribution in [2.45, 2.75) is 25.7 Å². The van der Waals surface area contributed by atoms with Gasteiger partial charge in [-0.2, -0.15) is 0 Å². The van der Waals surface area contributed by atoms with Crippen LogP contribution in [0.15, 0.2) is 30.5 Å². The van der Waals surface area contributed by atoms with Crippen molar-refractivity contribution in [1.82, 2.24) is 4.98 Å². The van der Waals surface area contributed by atoms with Crippen molar-refractivity contribution in [2.24, 2.45) is 11.8 Å². The van der Waals surface area contributed by atoms with Crippen LogP contribution in [0.3, 0.4) is 0 Å². The third-order valence-electron chi connectivity index (χ3n) is 5.11. The Kier molecular flexibility index (Phi) is 7.02. The number of halogens is 1. The molecule has 5 nitrogen and oxygen atoms in total. The number of carboxylic acids is 1. The Labute approximate surface area is 154 Å². The van der Waals surface area contributed by atoms with Crippen molar-refractivity contribution in [3.8, 4) is 5.75 Å². The third kappa shape index (κ3) is 4.61. The SMILES string of the molecule is COc1ccc2nccc(CCC[C@@H]3CC[NH2+]C[C@@H]3C(=O)O)c2c1.[Cl-]. The Balaban J connectivity index is 0.00000225. The van der Waals surface area contributed by atoms with Crippen LogP contribution in [0.2, 0.25) is 0 Å². The van der Waals surface area contributed by atoms with Crippen molar-refractivity contribution in [1.29, 1.82) is 0 Å². The van der Waals surface area contributed by atoms with Crippen LogP contribution in [0.25, 0.3) is 10.9 Å². The topological polar surface area (TPSA) is 76.0 Å². The summed E-state index contributed by atoms with van der Waals surface area (Å²) < 4.78 is 5.32. The molecule has 0 unspecified atom stereocenters. The number of nitrogens with two attached hydrogens (primary N) is 1. The zero-order chi connectivity index (χ0) is 16.9. The summed E-state index contributed by atoms with van der Waals surface area (Å²) in [6, 6.07) is 8.00. The molecule has 1 aromatic carbocycles. The first-order chi connectivity index (χ1) is 11.7. The van der Waals surface area contributed by atoms with Gasteiger partial charge in [-0.15, -0.1) is 0 Å². The average Bonchev–Trinajstić information content (AvgIpc) is 2.61. The van der Waals surface area contributed by atoms with Crippen molar-refractivity contribution in [2.75, 3.05) is 20.2 Å². The molecule has 1 aromatic heterocycles. The summed E-state index contributed by atoms with van der Waals surface area (Å²) in [5.41, 5.74) is 2.23. The lowest BCUT2D eigenvalue weighted by Crippen LogP contribution is -3.00. The van der Waals surface area contributed by atoms with Gasteiger partial charge >= 0.3 is 5.97 Å². The van der Waals surface area contributed by atoms with Gasteiger partial charge in [0.1, 0.15) is 11.7 Å². The lowest BCUT2D eigenvalue weighted by molar-refractivity contribution is -0.669. The van der Waals surface area contributed by atoms with Crippen molar-refractivity contribution < 1.29 is 32.4 Å². The molecule has 0 bridgehead atoms. The number of hydrogen-bond acceptors (Lipinski definition) is 3. The van der Waals surface area contributed by atoms with E-state index in [4.69, 9.17) is 4.74 Å². The second-order valence-corrected chi connectivity index (χ2v) is 6.55. The molecule has 2 heterocycles. The molecule has 1 saturated heterocycles. The smallest absolute Gasteiger partial charge is 0.312 e. The van der Waals surface area contributed by atoms with E-state index in [9.17, 15) is 9.90 Å². The monoisotopic (exact) mass is 364 g/mol. The van der Waals surface area contributed by atoms with Crippen LogP contribution in [-0.2, 0) is 11.2 Å². The summed E-state index contributed by atoms with van der Waals surface area (Å²) >= 11 is 0. The van der Waals surface area contributed by atoms with Gasteiger partial charge in [0.2, 0.25) is 0 Å². The lowest BCUT2D eigenvalue weighted by Gasteiger charge is -2.26. The number of pyridine rings is 1. The first-order valence-electron chi connectivity index (χ1n) is 8.65. The number of nitrogens with zero attached hydrogens (tertiary/aromatic N) is 1. The van der Waals surface area contributed by atoms with E-state index in [1.165, 1.54) is 5.56 Å². The quantitative estimate of drug-likeness (QED) is 0.679. The van der Waals surface area contributed by atoms with Gasteiger partial charge in [-0.05, 0) is 55.0 Å². The second-order valence-electron chi connectivity index (χ2n) is 6.55. The number of carbonyl (C=O) groups is 1. The molecule has 3 rings (SSSR count). The molecule has 0 spiro atoms. The van der Waals surface area contributed by atoms with Gasteiger partial charge in [-0.3, -0.25) is 9.78 Å². The van der Waals surface area contributed by atoms with Crippen LogP contribution in [-0.4, -0.2) is 36.3 Å². The fourth-order valence-corrected chi connectivity index (χ4v) is 3.75. The second kappa shape index (κ2) is 9.02. The van der Waals surface area contributed by atoms with E-state index in [1.54, 1.807) is 7.11 Å². The first kappa shape index (κ1) is 19.5. The molecule has 1 aliphatic rings. The Bertz CT molecular complexity index is 723. The van der Waals surface area contributed by atoms with Crippen LogP contribution in [0, 0.1) is 11.8 Å². The molecule has 25 heavy (non-hydrogen) atoms. The number of benzene rings is 1. The molecule has 3 N–H and O–H groups in total. The Hall–Kier alpha value is -1.85. The van der Waals surface area contributed by atoms with E-state index in [1.807, 2.05) is 24.4 Å². The van der Waals surface area contributed by atoms with Gasteiger partial charge < -0.3 is 27.6 Å². The van der Waals surface area contributed by atoms with Gasteiger partial charge in [-0.25, -0.2) is 0 Å². The number of aryl methyl sites for hydroxylation is 1. The van der Waals surface area contributed by atoms with E-state index in [0.29, 0.717) is 5.92 Å². The number of methoxy groups -OCH3 is 1. The minimum absolute atomic E-state index is 0. The molecule has 0 radical (unpaired) electrons. The molecule has 1 aliphatic heterocycles. The molecule has 136 valence electrons. The van der Waals surface area contributed by atoms with E-state index in [0.717, 1.165) is 55.4 Å². The van der Waals surface area contributed by atoms with Gasteiger partial charge in [0.05, 0.1) is 25.7 Å². The number of hydrogen-bond donors (Lipinski definition) is 2. The minimum atomic E-state index is -0.643. The normalized spacial score (nSPS) is 20.0. The number of ether oxygens (including phenoxy) is 1. The maximum Gasteiger partial charge on any atom is 0.312 e. The van der Waals surface area contributed by atoms with E-state index in [2.05, 4.69) is 16.4 Å². The highest BCUT2D eigenvalue weighted by Crippen LogP contribution is 2.26. The molecule has 0 saturated carbocycles. The predicted octanol–water partition coefficient (Wildman–Crippen LogP) is -1.15.